The van der Waals surface area contributed by atoms with Gasteiger partial charge in [0, 0.05) is 48.3 Å². The summed E-state index contributed by atoms with van der Waals surface area (Å²) >= 11 is 0. The molecule has 330 valence electrons. The minimum atomic E-state index is -2.08. The molecule has 4 fully saturated rings. The fourth-order valence-electron chi connectivity index (χ4n) is 12.1. The van der Waals surface area contributed by atoms with Crippen LogP contribution in [-0.2, 0) is 19.1 Å². The molecular formula is C44H71FN2O11. The quantitative estimate of drug-likeness (QED) is 0.143. The molecule has 14 heteroatoms. The number of aliphatic hydroxyl groups is 7. The SMILES string of the molecule is CC[C@H]1OC(=O)[C@H](C)[C@@H](O)C(C)[C@@H](O)[C@](C)(O)C[C@@H](C)CN(CCCNC(=O)[C@@]2(O)CCC3C4CCC5=CC(=O)C=C[C@]5(C)[C@@]4(F)[C@@H](O)C[C@@]32C)[C@H](C)[C@@H](O)[C@]1(C)O. The number of ether oxygens (including phenoxy) is 1. The Morgan fingerprint density at radius 2 is 1.62 bits per heavy atom. The summed E-state index contributed by atoms with van der Waals surface area (Å²) in [5.74, 6) is -4.96. The molecule has 1 heterocycles. The number of cyclic esters (lactones) is 1. The number of amides is 1. The minimum Gasteiger partial charge on any atom is -0.459 e. The number of hydrogen-bond donors (Lipinski definition) is 8. The molecule has 1 saturated heterocycles. The maximum Gasteiger partial charge on any atom is 0.311 e. The smallest absolute Gasteiger partial charge is 0.311 e. The second-order valence-corrected chi connectivity index (χ2v) is 19.8. The van der Waals surface area contributed by atoms with E-state index in [2.05, 4.69) is 5.32 Å². The van der Waals surface area contributed by atoms with Crippen LogP contribution < -0.4 is 5.32 Å². The molecular weight excluding hydrogens is 751 g/mol. The molecule has 13 nitrogen and oxygen atoms in total. The van der Waals surface area contributed by atoms with E-state index in [1.54, 1.807) is 40.7 Å². The van der Waals surface area contributed by atoms with Crippen molar-refractivity contribution >= 4 is 17.7 Å². The normalized spacial score (nSPS) is 49.4. The highest BCUT2D eigenvalue weighted by molar-refractivity contribution is 6.01. The number of allylic oxidation sites excluding steroid dienone is 4. The van der Waals surface area contributed by atoms with Gasteiger partial charge in [-0.1, -0.05) is 39.3 Å². The molecule has 1 aliphatic heterocycles. The Kier molecular flexibility index (Phi) is 13.3. The van der Waals surface area contributed by atoms with Gasteiger partial charge in [0.2, 0.25) is 0 Å². The molecule has 3 unspecified atom stereocenters. The van der Waals surface area contributed by atoms with Crippen LogP contribution in [0, 0.1) is 40.4 Å². The summed E-state index contributed by atoms with van der Waals surface area (Å²) < 4.78 is 23.2. The zero-order chi connectivity index (χ0) is 43.6. The Labute approximate surface area is 343 Å². The van der Waals surface area contributed by atoms with Crippen molar-refractivity contribution < 1.29 is 59.3 Å². The van der Waals surface area contributed by atoms with Crippen LogP contribution in [0.3, 0.4) is 0 Å². The number of hydrogen-bond acceptors (Lipinski definition) is 12. The van der Waals surface area contributed by atoms with Gasteiger partial charge in [-0.3, -0.25) is 19.3 Å². The van der Waals surface area contributed by atoms with Crippen LogP contribution >= 0.6 is 0 Å². The van der Waals surface area contributed by atoms with Crippen LogP contribution in [0.1, 0.15) is 114 Å². The third-order valence-corrected chi connectivity index (χ3v) is 15.9. The molecule has 0 aromatic carbocycles. The summed E-state index contributed by atoms with van der Waals surface area (Å²) in [4.78, 5) is 41.3. The molecule has 8 N–H and O–H groups in total. The molecule has 3 saturated carbocycles. The van der Waals surface area contributed by atoms with E-state index in [0.717, 1.165) is 0 Å². The van der Waals surface area contributed by atoms with Crippen molar-refractivity contribution in [3.05, 3.63) is 23.8 Å². The number of nitrogens with one attached hydrogen (secondary N) is 1. The van der Waals surface area contributed by atoms with E-state index < -0.39 is 105 Å². The lowest BCUT2D eigenvalue weighted by Crippen LogP contribution is -2.69. The molecule has 4 aliphatic carbocycles. The molecule has 5 aliphatic rings. The topological polar surface area (TPSA) is 217 Å². The summed E-state index contributed by atoms with van der Waals surface area (Å²) in [7, 11) is 0. The van der Waals surface area contributed by atoms with Gasteiger partial charge in [0.1, 0.15) is 23.4 Å². The second kappa shape index (κ2) is 16.5. The summed E-state index contributed by atoms with van der Waals surface area (Å²) in [5, 5.41) is 83.9. The molecule has 0 radical (unpaired) electrons. The van der Waals surface area contributed by atoms with E-state index in [1.165, 1.54) is 32.9 Å². The summed E-state index contributed by atoms with van der Waals surface area (Å²) in [5.41, 5.74) is -9.18. The summed E-state index contributed by atoms with van der Waals surface area (Å²) in [6.07, 6.45) is -0.607. The van der Waals surface area contributed by atoms with Crippen molar-refractivity contribution in [1.82, 2.24) is 10.2 Å². The largest absolute Gasteiger partial charge is 0.459 e. The molecule has 58 heavy (non-hydrogen) atoms. The molecule has 17 atom stereocenters. The van der Waals surface area contributed by atoms with Gasteiger partial charge in [-0.2, -0.15) is 0 Å². The lowest BCUT2D eigenvalue weighted by Gasteiger charge is -2.62. The van der Waals surface area contributed by atoms with Crippen LogP contribution in [-0.4, -0.2) is 137 Å². The standard InChI is InChI=1S/C44H71FN2O11/c1-10-33-42(9,56)36(52)27(5)47(23-24(2)21-41(8,55)35(51)25(3)34(50)26(4)37(53)58-33)19-11-18-46-38(54)43(57)17-15-30-31-13-12-28-20-29(48)14-16-39(28,6)44(31,45)32(49)22-40(30,43)7/h14,16,20,24-27,30-36,49-52,55-57H,10-13,15,17-19,21-23H2,1-9H3,(H,46,54)/t24-,25?,26-,27-,30?,31?,32+,33-,34+,35-,36-,39+,40+,41-,42-,43+,44+/m1/s1. The average molecular weight is 823 g/mol. The average Bonchev–Trinajstić information content (AvgIpc) is 3.42. The van der Waals surface area contributed by atoms with E-state index >= 15 is 4.39 Å². The van der Waals surface area contributed by atoms with Crippen molar-refractivity contribution in [3.63, 3.8) is 0 Å². The lowest BCUT2D eigenvalue weighted by molar-refractivity contribution is -0.217. The first-order chi connectivity index (χ1) is 26.7. The first-order valence-electron chi connectivity index (χ1n) is 21.5. The van der Waals surface area contributed by atoms with Crippen LogP contribution in [0.2, 0.25) is 0 Å². The molecule has 0 aromatic heterocycles. The Hall–Kier alpha value is -2.30. The van der Waals surface area contributed by atoms with Crippen molar-refractivity contribution in [1.29, 1.82) is 0 Å². The number of nitrogens with zero attached hydrogens (tertiary/aromatic N) is 1. The third kappa shape index (κ3) is 7.64. The minimum absolute atomic E-state index is 0.0956. The molecule has 0 spiro atoms. The van der Waals surface area contributed by atoms with Gasteiger partial charge in [0.05, 0.1) is 29.8 Å². The van der Waals surface area contributed by atoms with Crippen LogP contribution in [0.4, 0.5) is 4.39 Å². The number of esters is 1. The first kappa shape index (κ1) is 46.8. The number of alkyl halides is 1. The Morgan fingerprint density at radius 1 is 0.966 bits per heavy atom. The Balaban J connectivity index is 1.31. The van der Waals surface area contributed by atoms with Gasteiger partial charge in [-0.15, -0.1) is 0 Å². The molecule has 0 aromatic rings. The van der Waals surface area contributed by atoms with E-state index in [0.29, 0.717) is 44.3 Å². The van der Waals surface area contributed by atoms with E-state index in [1.807, 2.05) is 11.8 Å². The third-order valence-electron chi connectivity index (χ3n) is 15.9. The first-order valence-corrected chi connectivity index (χ1v) is 21.5. The van der Waals surface area contributed by atoms with Crippen LogP contribution in [0.25, 0.3) is 0 Å². The second-order valence-electron chi connectivity index (χ2n) is 19.8. The van der Waals surface area contributed by atoms with Crippen molar-refractivity contribution in [3.8, 4) is 0 Å². The highest BCUT2D eigenvalue weighted by atomic mass is 19.1. The monoisotopic (exact) mass is 823 g/mol. The van der Waals surface area contributed by atoms with Gasteiger partial charge in [0.15, 0.2) is 11.5 Å². The maximum atomic E-state index is 17.5. The molecule has 1 amide bonds. The molecule has 5 rings (SSSR count). The van der Waals surface area contributed by atoms with Crippen molar-refractivity contribution in [2.45, 2.75) is 173 Å². The number of carbonyl (C=O) groups is 3. The maximum absolute atomic E-state index is 17.5. The fourth-order valence-corrected chi connectivity index (χ4v) is 12.1. The van der Waals surface area contributed by atoms with Gasteiger partial charge >= 0.3 is 5.97 Å². The van der Waals surface area contributed by atoms with Crippen molar-refractivity contribution in [2.24, 2.45) is 40.4 Å². The summed E-state index contributed by atoms with van der Waals surface area (Å²) in [6, 6.07) is -0.726. The number of rotatable bonds is 6. The van der Waals surface area contributed by atoms with Crippen molar-refractivity contribution in [2.75, 3.05) is 19.6 Å². The fraction of sp³-hybridized carbons (Fsp3) is 0.841. The van der Waals surface area contributed by atoms with E-state index in [-0.39, 0.29) is 43.9 Å². The predicted octanol–water partition coefficient (Wildman–Crippen LogP) is 2.50. The van der Waals surface area contributed by atoms with Gasteiger partial charge < -0.3 is 45.8 Å². The Bertz CT molecular complexity index is 1620. The number of ketones is 1. The number of fused-ring (bicyclic) bond motifs is 5. The zero-order valence-electron chi connectivity index (χ0n) is 35.9. The number of halogens is 1. The molecule has 0 bridgehead atoms. The zero-order valence-corrected chi connectivity index (χ0v) is 35.9. The lowest BCUT2D eigenvalue weighted by atomic mass is 9.45. The highest BCUT2D eigenvalue weighted by Crippen LogP contribution is 2.69. The van der Waals surface area contributed by atoms with Gasteiger partial charge in [0.25, 0.3) is 5.91 Å². The van der Waals surface area contributed by atoms with Crippen LogP contribution in [0.15, 0.2) is 23.8 Å². The van der Waals surface area contributed by atoms with Crippen LogP contribution in [0.5, 0.6) is 0 Å². The predicted molar refractivity (Wildman–Crippen MR) is 214 cm³/mol. The van der Waals surface area contributed by atoms with E-state index in [9.17, 15) is 50.1 Å². The van der Waals surface area contributed by atoms with Gasteiger partial charge in [-0.05, 0) is 110 Å². The number of carbonyl (C=O) groups excluding carboxylic acids is 3. The van der Waals surface area contributed by atoms with Gasteiger partial charge in [-0.25, -0.2) is 4.39 Å². The Morgan fingerprint density at radius 3 is 2.26 bits per heavy atom. The summed E-state index contributed by atoms with van der Waals surface area (Å²) in [6.45, 7) is 15.4. The van der Waals surface area contributed by atoms with E-state index in [4.69, 9.17) is 4.74 Å². The highest BCUT2D eigenvalue weighted by Gasteiger charge is 2.74. The number of aliphatic hydroxyl groups excluding tert-OH is 4.